The lowest BCUT2D eigenvalue weighted by Gasteiger charge is -2.18. The van der Waals surface area contributed by atoms with Crippen molar-refractivity contribution in [3.63, 3.8) is 0 Å². The maximum absolute atomic E-state index is 14.0. The van der Waals surface area contributed by atoms with Gasteiger partial charge in [0.1, 0.15) is 5.82 Å². The summed E-state index contributed by atoms with van der Waals surface area (Å²) in [5, 5.41) is 3.39. The summed E-state index contributed by atoms with van der Waals surface area (Å²) in [4.78, 5) is 1.20. The smallest absolute Gasteiger partial charge is 0.126 e. The molecule has 1 aromatic heterocycles. The maximum atomic E-state index is 14.0. The summed E-state index contributed by atoms with van der Waals surface area (Å²) >= 11 is 7.55. The molecule has 0 saturated carbocycles. The lowest BCUT2D eigenvalue weighted by atomic mass is 9.94. The summed E-state index contributed by atoms with van der Waals surface area (Å²) in [5.41, 5.74) is 0.778. The number of benzene rings is 1. The van der Waals surface area contributed by atoms with Crippen LogP contribution in [0.5, 0.6) is 0 Å². The fraction of sp³-hybridized carbons (Fsp3) is 0.375. The van der Waals surface area contributed by atoms with E-state index in [2.05, 4.69) is 12.2 Å². The highest BCUT2D eigenvalue weighted by Crippen LogP contribution is 2.28. The topological polar surface area (TPSA) is 12.0 Å². The number of halogens is 2. The molecule has 2 rings (SSSR count). The van der Waals surface area contributed by atoms with E-state index >= 15 is 0 Å². The second-order valence-corrected chi connectivity index (χ2v) is 6.63. The van der Waals surface area contributed by atoms with E-state index in [0.717, 1.165) is 35.8 Å². The van der Waals surface area contributed by atoms with Crippen molar-refractivity contribution in [1.82, 2.24) is 5.32 Å². The average Bonchev–Trinajstić information content (AvgIpc) is 2.84. The third-order valence-electron chi connectivity index (χ3n) is 3.24. The normalized spacial score (nSPS) is 12.6. The molecule has 2 aromatic rings. The van der Waals surface area contributed by atoms with Gasteiger partial charge < -0.3 is 5.32 Å². The first-order chi connectivity index (χ1) is 9.70. The number of thiophene rings is 1. The fourth-order valence-electron chi connectivity index (χ4n) is 2.26. The predicted molar refractivity (Wildman–Crippen MR) is 85.3 cm³/mol. The van der Waals surface area contributed by atoms with Gasteiger partial charge in [0.15, 0.2) is 0 Å². The fourth-order valence-corrected chi connectivity index (χ4v) is 3.42. The minimum Gasteiger partial charge on any atom is -0.316 e. The molecule has 1 nitrogen and oxygen atoms in total. The van der Waals surface area contributed by atoms with Gasteiger partial charge in [-0.15, -0.1) is 11.3 Å². The Labute approximate surface area is 128 Å². The summed E-state index contributed by atoms with van der Waals surface area (Å²) in [6.07, 6.45) is 1.89. The van der Waals surface area contributed by atoms with Crippen LogP contribution in [0.3, 0.4) is 0 Å². The van der Waals surface area contributed by atoms with Crippen molar-refractivity contribution in [3.05, 3.63) is 57.0 Å². The van der Waals surface area contributed by atoms with Crippen LogP contribution in [0.15, 0.2) is 36.4 Å². The van der Waals surface area contributed by atoms with Crippen LogP contribution < -0.4 is 5.32 Å². The Morgan fingerprint density at radius 1 is 1.25 bits per heavy atom. The van der Waals surface area contributed by atoms with Gasteiger partial charge in [0.05, 0.1) is 4.34 Å². The summed E-state index contributed by atoms with van der Waals surface area (Å²) in [7, 11) is 0. The molecular formula is C16H19ClFNS. The van der Waals surface area contributed by atoms with E-state index in [4.69, 9.17) is 11.6 Å². The Morgan fingerprint density at radius 2 is 2.05 bits per heavy atom. The predicted octanol–water partition coefficient (Wildman–Crippen LogP) is 4.87. The first kappa shape index (κ1) is 15.5. The van der Waals surface area contributed by atoms with E-state index in [1.165, 1.54) is 10.9 Å². The highest BCUT2D eigenvalue weighted by atomic mass is 35.5. The first-order valence-corrected chi connectivity index (χ1v) is 8.09. The number of hydrogen-bond donors (Lipinski definition) is 1. The number of hydrogen-bond acceptors (Lipinski definition) is 2. The van der Waals surface area contributed by atoms with Gasteiger partial charge in [0.2, 0.25) is 0 Å². The Morgan fingerprint density at radius 3 is 2.70 bits per heavy atom. The Bertz CT molecular complexity index is 541. The highest BCUT2D eigenvalue weighted by Gasteiger charge is 2.16. The summed E-state index contributed by atoms with van der Waals surface area (Å²) < 4.78 is 14.8. The van der Waals surface area contributed by atoms with E-state index in [0.29, 0.717) is 0 Å². The lowest BCUT2D eigenvalue weighted by Crippen LogP contribution is -2.24. The van der Waals surface area contributed by atoms with Crippen molar-refractivity contribution >= 4 is 22.9 Å². The molecule has 1 atom stereocenters. The minimum absolute atomic E-state index is 0.126. The molecule has 0 spiro atoms. The second-order valence-electron chi connectivity index (χ2n) is 4.83. The van der Waals surface area contributed by atoms with Gasteiger partial charge in [0, 0.05) is 17.3 Å². The molecule has 0 bridgehead atoms. The molecule has 1 unspecified atom stereocenters. The van der Waals surface area contributed by atoms with E-state index in [9.17, 15) is 4.39 Å². The summed E-state index contributed by atoms with van der Waals surface area (Å²) in [6.45, 7) is 3.87. The SMILES string of the molecule is CCCNCC(Cc1ccc(Cl)s1)c1ccccc1F. The van der Waals surface area contributed by atoms with Crippen LogP contribution in [-0.2, 0) is 6.42 Å². The van der Waals surface area contributed by atoms with Gasteiger partial charge in [-0.3, -0.25) is 0 Å². The molecule has 20 heavy (non-hydrogen) atoms. The molecule has 0 saturated heterocycles. The van der Waals surface area contributed by atoms with E-state index in [1.54, 1.807) is 17.4 Å². The van der Waals surface area contributed by atoms with Crippen LogP contribution in [0.25, 0.3) is 0 Å². The standard InChI is InChI=1S/C16H19ClFNS/c1-2-9-19-11-12(10-13-7-8-16(17)20-13)14-5-3-4-6-15(14)18/h3-8,12,19H,2,9-11H2,1H3. The maximum Gasteiger partial charge on any atom is 0.126 e. The van der Waals surface area contributed by atoms with Crippen molar-refractivity contribution in [2.24, 2.45) is 0 Å². The molecule has 1 aromatic carbocycles. The summed E-state index contributed by atoms with van der Waals surface area (Å²) in [6, 6.07) is 11.0. The van der Waals surface area contributed by atoms with Crippen LogP contribution in [0.1, 0.15) is 29.7 Å². The van der Waals surface area contributed by atoms with Crippen LogP contribution in [0, 0.1) is 5.82 Å². The molecule has 0 amide bonds. The van der Waals surface area contributed by atoms with Crippen molar-refractivity contribution in [3.8, 4) is 0 Å². The quantitative estimate of drug-likeness (QED) is 0.720. The monoisotopic (exact) mass is 311 g/mol. The second kappa shape index (κ2) is 7.77. The van der Waals surface area contributed by atoms with Gasteiger partial charge >= 0.3 is 0 Å². The largest absolute Gasteiger partial charge is 0.316 e. The third-order valence-corrected chi connectivity index (χ3v) is 4.49. The molecule has 0 aliphatic carbocycles. The van der Waals surface area contributed by atoms with Crippen LogP contribution in [0.2, 0.25) is 4.34 Å². The molecule has 0 aliphatic heterocycles. The van der Waals surface area contributed by atoms with Gasteiger partial charge in [0.25, 0.3) is 0 Å². The number of nitrogens with one attached hydrogen (secondary N) is 1. The zero-order valence-corrected chi connectivity index (χ0v) is 13.1. The summed E-state index contributed by atoms with van der Waals surface area (Å²) in [5.74, 6) is 0.0101. The van der Waals surface area contributed by atoms with Crippen molar-refractivity contribution < 1.29 is 4.39 Å². The van der Waals surface area contributed by atoms with Crippen molar-refractivity contribution in [2.75, 3.05) is 13.1 Å². The van der Waals surface area contributed by atoms with E-state index < -0.39 is 0 Å². The van der Waals surface area contributed by atoms with Gasteiger partial charge in [-0.1, -0.05) is 36.7 Å². The molecule has 0 fully saturated rings. The zero-order valence-electron chi connectivity index (χ0n) is 11.5. The minimum atomic E-state index is -0.126. The molecule has 4 heteroatoms. The van der Waals surface area contributed by atoms with Gasteiger partial charge in [-0.25, -0.2) is 4.39 Å². The van der Waals surface area contributed by atoms with Gasteiger partial charge in [-0.2, -0.15) is 0 Å². The molecular weight excluding hydrogens is 293 g/mol. The third kappa shape index (κ3) is 4.30. The molecule has 108 valence electrons. The molecule has 1 N–H and O–H groups in total. The first-order valence-electron chi connectivity index (χ1n) is 6.90. The Hall–Kier alpha value is -0.900. The molecule has 0 aliphatic rings. The van der Waals surface area contributed by atoms with Crippen LogP contribution >= 0.6 is 22.9 Å². The van der Waals surface area contributed by atoms with E-state index in [1.807, 2.05) is 24.3 Å². The lowest BCUT2D eigenvalue weighted by molar-refractivity contribution is 0.538. The highest BCUT2D eigenvalue weighted by molar-refractivity contribution is 7.16. The van der Waals surface area contributed by atoms with Crippen molar-refractivity contribution in [2.45, 2.75) is 25.7 Å². The van der Waals surface area contributed by atoms with Gasteiger partial charge in [-0.05, 0) is 43.1 Å². The molecule has 0 radical (unpaired) electrons. The van der Waals surface area contributed by atoms with E-state index in [-0.39, 0.29) is 11.7 Å². The Kier molecular flexibility index (Phi) is 6.02. The Balaban J connectivity index is 2.13. The zero-order chi connectivity index (χ0) is 14.4. The van der Waals surface area contributed by atoms with Crippen LogP contribution in [-0.4, -0.2) is 13.1 Å². The van der Waals surface area contributed by atoms with Crippen molar-refractivity contribution in [1.29, 1.82) is 0 Å². The van der Waals surface area contributed by atoms with Crippen LogP contribution in [0.4, 0.5) is 4.39 Å². The molecule has 1 heterocycles. The number of rotatable bonds is 7. The average molecular weight is 312 g/mol.